The average molecular weight is 173 g/mol. The molecule has 0 saturated carbocycles. The minimum atomic E-state index is -0.483. The van der Waals surface area contributed by atoms with Crippen LogP contribution in [0.15, 0.2) is 18.2 Å². The summed E-state index contributed by atoms with van der Waals surface area (Å²) in [4.78, 5) is 0. The zero-order chi connectivity index (χ0) is 8.27. The molecule has 0 radical (unpaired) electrons. The van der Waals surface area contributed by atoms with Crippen LogP contribution in [-0.4, -0.2) is 0 Å². The quantitative estimate of drug-likeness (QED) is 0.642. The van der Waals surface area contributed by atoms with Crippen molar-refractivity contribution in [1.82, 2.24) is 0 Å². The highest BCUT2D eigenvalue weighted by molar-refractivity contribution is 6.31. The maximum absolute atomic E-state index is 12.1. The lowest BCUT2D eigenvalue weighted by Crippen LogP contribution is -1.84. The predicted octanol–water partition coefficient (Wildman–Crippen LogP) is 3.37. The monoisotopic (exact) mass is 172 g/mol. The molecule has 0 N–H and O–H groups in total. The lowest BCUT2D eigenvalue weighted by atomic mass is 10.1. The lowest BCUT2D eigenvalue weighted by molar-refractivity contribution is 0.485. The number of alkyl halides is 1. The van der Waals surface area contributed by atoms with E-state index in [1.165, 1.54) is 0 Å². The maximum Gasteiger partial charge on any atom is 0.116 e. The number of halogens is 2. The third-order valence-electron chi connectivity index (χ3n) is 1.67. The summed E-state index contributed by atoms with van der Waals surface area (Å²) in [6.45, 7) is 1.56. The molecular weight excluding hydrogens is 163 g/mol. The molecule has 11 heavy (non-hydrogen) atoms. The Hall–Kier alpha value is -0.560. The minimum Gasteiger partial charge on any atom is -0.246 e. The minimum absolute atomic E-state index is 0.483. The Labute approximate surface area is 71.0 Å². The zero-order valence-electron chi connectivity index (χ0n) is 6.40. The van der Waals surface area contributed by atoms with Crippen LogP contribution in [0.25, 0.3) is 0 Å². The second-order valence-corrected chi connectivity index (χ2v) is 2.82. The largest absolute Gasteiger partial charge is 0.246 e. The van der Waals surface area contributed by atoms with Crippen LogP contribution in [0.1, 0.15) is 18.1 Å². The number of rotatable bonds is 2. The van der Waals surface area contributed by atoms with E-state index in [-0.39, 0.29) is 0 Å². The van der Waals surface area contributed by atoms with Crippen LogP contribution in [0.4, 0.5) is 4.39 Å². The standard InChI is InChI=1S/C9H10ClF/c1-2-7-3-4-8(6-11)9(10)5-7/h3-5H,2,6H2,1H3. The fraction of sp³-hybridized carbons (Fsp3) is 0.333. The average Bonchev–Trinajstić information content (AvgIpc) is 2.04. The van der Waals surface area contributed by atoms with E-state index in [2.05, 4.69) is 0 Å². The highest BCUT2D eigenvalue weighted by Crippen LogP contribution is 2.18. The number of aryl methyl sites for hydroxylation is 1. The van der Waals surface area contributed by atoms with Crippen molar-refractivity contribution in [3.8, 4) is 0 Å². The predicted molar refractivity (Wildman–Crippen MR) is 45.6 cm³/mol. The molecule has 0 heterocycles. The molecule has 60 valence electrons. The van der Waals surface area contributed by atoms with Crippen molar-refractivity contribution in [3.63, 3.8) is 0 Å². The molecule has 0 fully saturated rings. The van der Waals surface area contributed by atoms with Crippen molar-refractivity contribution in [2.45, 2.75) is 20.0 Å². The molecule has 0 atom stereocenters. The molecule has 0 aliphatic carbocycles. The first-order chi connectivity index (χ1) is 5.27. The fourth-order valence-corrected chi connectivity index (χ4v) is 1.17. The molecule has 1 rings (SSSR count). The second kappa shape index (κ2) is 3.72. The van der Waals surface area contributed by atoms with Gasteiger partial charge in [0.15, 0.2) is 0 Å². The van der Waals surface area contributed by atoms with Crippen molar-refractivity contribution in [3.05, 3.63) is 34.3 Å². The van der Waals surface area contributed by atoms with Gasteiger partial charge in [-0.3, -0.25) is 0 Å². The third-order valence-corrected chi connectivity index (χ3v) is 2.02. The zero-order valence-corrected chi connectivity index (χ0v) is 7.16. The molecule has 1 aromatic rings. The van der Waals surface area contributed by atoms with Gasteiger partial charge in [-0.05, 0) is 18.1 Å². The smallest absolute Gasteiger partial charge is 0.116 e. The Morgan fingerprint density at radius 3 is 2.64 bits per heavy atom. The van der Waals surface area contributed by atoms with Crippen molar-refractivity contribution in [2.75, 3.05) is 0 Å². The van der Waals surface area contributed by atoms with Crippen LogP contribution in [0.2, 0.25) is 5.02 Å². The molecule has 0 aliphatic rings. The molecular formula is C9H10ClF. The molecule has 2 heteroatoms. The first kappa shape index (κ1) is 8.54. The maximum atomic E-state index is 12.1. The van der Waals surface area contributed by atoms with Crippen molar-refractivity contribution < 1.29 is 4.39 Å². The van der Waals surface area contributed by atoms with Gasteiger partial charge in [-0.2, -0.15) is 0 Å². The van der Waals surface area contributed by atoms with Gasteiger partial charge in [0, 0.05) is 10.6 Å². The van der Waals surface area contributed by atoms with Crippen LogP contribution in [-0.2, 0) is 13.1 Å². The molecule has 0 bridgehead atoms. The molecule has 0 unspecified atom stereocenters. The van der Waals surface area contributed by atoms with E-state index in [9.17, 15) is 4.39 Å². The number of hydrogen-bond donors (Lipinski definition) is 0. The summed E-state index contributed by atoms with van der Waals surface area (Å²) in [6, 6.07) is 5.46. The molecule has 0 aromatic heterocycles. The van der Waals surface area contributed by atoms with Crippen LogP contribution >= 0.6 is 11.6 Å². The Balaban J connectivity index is 2.99. The van der Waals surface area contributed by atoms with E-state index < -0.39 is 6.67 Å². The van der Waals surface area contributed by atoms with Gasteiger partial charge in [-0.15, -0.1) is 0 Å². The summed E-state index contributed by atoms with van der Waals surface area (Å²) in [5.74, 6) is 0. The Kier molecular flexibility index (Phi) is 2.89. The van der Waals surface area contributed by atoms with E-state index in [1.807, 2.05) is 19.1 Å². The van der Waals surface area contributed by atoms with E-state index in [1.54, 1.807) is 6.07 Å². The summed E-state index contributed by atoms with van der Waals surface area (Å²) < 4.78 is 12.1. The van der Waals surface area contributed by atoms with Gasteiger partial charge in [0.25, 0.3) is 0 Å². The van der Waals surface area contributed by atoms with Gasteiger partial charge < -0.3 is 0 Å². The number of hydrogen-bond acceptors (Lipinski definition) is 0. The Bertz CT molecular complexity index is 245. The fourth-order valence-electron chi connectivity index (χ4n) is 0.919. The summed E-state index contributed by atoms with van der Waals surface area (Å²) in [6.07, 6.45) is 0.937. The van der Waals surface area contributed by atoms with Crippen LogP contribution in [0.3, 0.4) is 0 Å². The first-order valence-corrected chi connectivity index (χ1v) is 3.99. The molecule has 0 aliphatic heterocycles. The van der Waals surface area contributed by atoms with E-state index in [4.69, 9.17) is 11.6 Å². The Morgan fingerprint density at radius 2 is 2.18 bits per heavy atom. The van der Waals surface area contributed by atoms with Gasteiger partial charge in [-0.25, -0.2) is 4.39 Å². The van der Waals surface area contributed by atoms with E-state index in [0.717, 1.165) is 12.0 Å². The third kappa shape index (κ3) is 1.93. The lowest BCUT2D eigenvalue weighted by Gasteiger charge is -2.00. The van der Waals surface area contributed by atoms with Crippen molar-refractivity contribution in [1.29, 1.82) is 0 Å². The SMILES string of the molecule is CCc1ccc(CF)c(Cl)c1. The molecule has 1 aromatic carbocycles. The summed E-state index contributed by atoms with van der Waals surface area (Å²) >= 11 is 5.77. The molecule has 0 amide bonds. The summed E-state index contributed by atoms with van der Waals surface area (Å²) in [5.41, 5.74) is 1.72. The molecule has 0 nitrogen and oxygen atoms in total. The van der Waals surface area contributed by atoms with Gasteiger partial charge in [-0.1, -0.05) is 30.7 Å². The van der Waals surface area contributed by atoms with E-state index >= 15 is 0 Å². The number of benzene rings is 1. The second-order valence-electron chi connectivity index (χ2n) is 2.41. The van der Waals surface area contributed by atoms with Gasteiger partial charge in [0.05, 0.1) is 0 Å². The summed E-state index contributed by atoms with van der Waals surface area (Å²) in [7, 11) is 0. The van der Waals surface area contributed by atoms with Gasteiger partial charge in [0.1, 0.15) is 6.67 Å². The highest BCUT2D eigenvalue weighted by atomic mass is 35.5. The highest BCUT2D eigenvalue weighted by Gasteiger charge is 1.99. The van der Waals surface area contributed by atoms with Crippen LogP contribution in [0.5, 0.6) is 0 Å². The van der Waals surface area contributed by atoms with Crippen molar-refractivity contribution >= 4 is 11.6 Å². The Morgan fingerprint density at radius 1 is 1.45 bits per heavy atom. The van der Waals surface area contributed by atoms with Crippen LogP contribution < -0.4 is 0 Å². The first-order valence-electron chi connectivity index (χ1n) is 3.61. The molecule has 0 spiro atoms. The van der Waals surface area contributed by atoms with Gasteiger partial charge >= 0.3 is 0 Å². The van der Waals surface area contributed by atoms with Crippen LogP contribution in [0, 0.1) is 0 Å². The van der Waals surface area contributed by atoms with Gasteiger partial charge in [0.2, 0.25) is 0 Å². The van der Waals surface area contributed by atoms with Crippen molar-refractivity contribution in [2.24, 2.45) is 0 Å². The normalized spacial score (nSPS) is 10.1. The van der Waals surface area contributed by atoms with E-state index in [0.29, 0.717) is 10.6 Å². The summed E-state index contributed by atoms with van der Waals surface area (Å²) in [5, 5.41) is 0.534. The topological polar surface area (TPSA) is 0 Å². The molecule has 0 saturated heterocycles.